The molecule has 0 spiro atoms. The smallest absolute Gasteiger partial charge is 0.220 e. The third-order valence-electron chi connectivity index (χ3n) is 2.10. The molecule has 0 radical (unpaired) electrons. The maximum absolute atomic E-state index is 12.8. The molecule has 0 unspecified atom stereocenters. The number of hydrogen-bond acceptors (Lipinski definition) is 3. The highest BCUT2D eigenvalue weighted by Crippen LogP contribution is 2.11. The van der Waals surface area contributed by atoms with E-state index in [1.807, 2.05) is 0 Å². The summed E-state index contributed by atoms with van der Waals surface area (Å²) in [6, 6.07) is 5.89. The van der Waals surface area contributed by atoms with Crippen LogP contribution in [0.15, 0.2) is 24.3 Å². The lowest BCUT2D eigenvalue weighted by Crippen LogP contribution is -2.28. The van der Waals surface area contributed by atoms with Gasteiger partial charge in [0.25, 0.3) is 0 Å². The molecule has 0 bridgehead atoms. The lowest BCUT2D eigenvalue weighted by Gasteiger charge is -2.07. The van der Waals surface area contributed by atoms with Crippen molar-refractivity contribution in [2.24, 2.45) is 5.73 Å². The molecule has 0 aliphatic rings. The highest BCUT2D eigenvalue weighted by Gasteiger charge is 2.00. The van der Waals surface area contributed by atoms with Crippen LogP contribution in [0.25, 0.3) is 0 Å². The Hall–Kier alpha value is -1.62. The van der Waals surface area contributed by atoms with E-state index < -0.39 is 0 Å². The van der Waals surface area contributed by atoms with Crippen LogP contribution in [-0.2, 0) is 4.79 Å². The predicted molar refractivity (Wildman–Crippen MR) is 63.2 cm³/mol. The number of ether oxygens (including phenoxy) is 1. The van der Waals surface area contributed by atoms with Crippen molar-refractivity contribution in [1.29, 1.82) is 0 Å². The first kappa shape index (κ1) is 13.4. The van der Waals surface area contributed by atoms with Crippen LogP contribution in [0.4, 0.5) is 4.39 Å². The Morgan fingerprint density at radius 2 is 2.29 bits per heavy atom. The first-order valence-corrected chi connectivity index (χ1v) is 5.57. The molecule has 5 heteroatoms. The van der Waals surface area contributed by atoms with E-state index in [0.29, 0.717) is 38.3 Å². The Morgan fingerprint density at radius 1 is 1.47 bits per heavy atom. The van der Waals surface area contributed by atoms with Crippen LogP contribution in [0, 0.1) is 5.82 Å². The summed E-state index contributed by atoms with van der Waals surface area (Å²) in [7, 11) is 0. The number of halogens is 1. The van der Waals surface area contributed by atoms with Crippen molar-refractivity contribution in [2.75, 3.05) is 19.7 Å². The molecule has 1 rings (SSSR count). The molecular formula is C12H17FN2O2. The van der Waals surface area contributed by atoms with Crippen LogP contribution in [-0.4, -0.2) is 25.6 Å². The van der Waals surface area contributed by atoms with Crippen LogP contribution in [0.1, 0.15) is 12.8 Å². The largest absolute Gasteiger partial charge is 0.492 e. The third kappa shape index (κ3) is 5.87. The highest BCUT2D eigenvalue weighted by molar-refractivity contribution is 5.75. The van der Waals surface area contributed by atoms with Gasteiger partial charge in [0.05, 0.1) is 6.54 Å². The minimum atomic E-state index is -0.338. The van der Waals surface area contributed by atoms with Gasteiger partial charge in [-0.15, -0.1) is 0 Å². The van der Waals surface area contributed by atoms with Crippen molar-refractivity contribution in [2.45, 2.75) is 12.8 Å². The zero-order valence-corrected chi connectivity index (χ0v) is 9.62. The number of benzene rings is 1. The van der Waals surface area contributed by atoms with Gasteiger partial charge >= 0.3 is 0 Å². The second kappa shape index (κ2) is 7.62. The standard InChI is InChI=1S/C12H17FN2O2/c13-10-3-1-4-11(9-10)17-8-7-15-12(16)5-2-6-14/h1,3-4,9H,2,5-8,14H2,(H,15,16). The fourth-order valence-electron chi connectivity index (χ4n) is 1.27. The van der Waals surface area contributed by atoms with Gasteiger partial charge in [-0.2, -0.15) is 0 Å². The lowest BCUT2D eigenvalue weighted by molar-refractivity contribution is -0.121. The Bertz CT molecular complexity index is 358. The zero-order valence-electron chi connectivity index (χ0n) is 9.62. The number of nitrogens with two attached hydrogens (primary N) is 1. The Balaban J connectivity index is 2.14. The summed E-state index contributed by atoms with van der Waals surface area (Å²) in [5.41, 5.74) is 5.28. The van der Waals surface area contributed by atoms with Gasteiger partial charge in [-0.1, -0.05) is 6.07 Å². The van der Waals surface area contributed by atoms with Crippen molar-refractivity contribution in [3.05, 3.63) is 30.1 Å². The molecule has 0 aromatic heterocycles. The molecule has 1 amide bonds. The van der Waals surface area contributed by atoms with Crippen molar-refractivity contribution >= 4 is 5.91 Å². The number of nitrogens with one attached hydrogen (secondary N) is 1. The van der Waals surface area contributed by atoms with Crippen LogP contribution in [0.5, 0.6) is 5.75 Å². The topological polar surface area (TPSA) is 64.4 Å². The molecule has 1 aromatic rings. The van der Waals surface area contributed by atoms with Gasteiger partial charge in [-0.25, -0.2) is 4.39 Å². The van der Waals surface area contributed by atoms with E-state index in [1.165, 1.54) is 12.1 Å². The van der Waals surface area contributed by atoms with Gasteiger partial charge in [0.1, 0.15) is 18.2 Å². The van der Waals surface area contributed by atoms with Crippen molar-refractivity contribution in [3.63, 3.8) is 0 Å². The van der Waals surface area contributed by atoms with Crippen LogP contribution in [0.3, 0.4) is 0 Å². The van der Waals surface area contributed by atoms with Gasteiger partial charge in [0.15, 0.2) is 0 Å². The van der Waals surface area contributed by atoms with Gasteiger partial charge in [0.2, 0.25) is 5.91 Å². The second-order valence-electron chi connectivity index (χ2n) is 3.55. The summed E-state index contributed by atoms with van der Waals surface area (Å²) in [5.74, 6) is 0.0778. The van der Waals surface area contributed by atoms with Crippen LogP contribution in [0.2, 0.25) is 0 Å². The third-order valence-corrected chi connectivity index (χ3v) is 2.10. The second-order valence-corrected chi connectivity index (χ2v) is 3.55. The Morgan fingerprint density at radius 3 is 3.00 bits per heavy atom. The summed E-state index contributed by atoms with van der Waals surface area (Å²) >= 11 is 0. The average molecular weight is 240 g/mol. The van der Waals surface area contributed by atoms with Crippen LogP contribution < -0.4 is 15.8 Å². The lowest BCUT2D eigenvalue weighted by atomic mass is 10.3. The first-order valence-electron chi connectivity index (χ1n) is 5.57. The van der Waals surface area contributed by atoms with Crippen molar-refractivity contribution in [3.8, 4) is 5.75 Å². The summed E-state index contributed by atoms with van der Waals surface area (Å²) < 4.78 is 18.0. The molecular weight excluding hydrogens is 223 g/mol. The summed E-state index contributed by atoms with van der Waals surface area (Å²) in [6.07, 6.45) is 1.10. The van der Waals surface area contributed by atoms with Gasteiger partial charge in [-0.05, 0) is 25.1 Å². The molecule has 0 saturated heterocycles. The molecule has 0 heterocycles. The summed E-state index contributed by atoms with van der Waals surface area (Å²) in [6.45, 7) is 1.23. The Kier molecular flexibility index (Phi) is 6.03. The molecule has 4 nitrogen and oxygen atoms in total. The predicted octanol–water partition coefficient (Wildman–Crippen LogP) is 1.06. The maximum atomic E-state index is 12.8. The van der Waals surface area contributed by atoms with E-state index in [2.05, 4.69) is 5.32 Å². The quantitative estimate of drug-likeness (QED) is 0.700. The van der Waals surface area contributed by atoms with Gasteiger partial charge in [0, 0.05) is 12.5 Å². The zero-order chi connectivity index (χ0) is 12.5. The first-order chi connectivity index (χ1) is 8.22. The minimum absolute atomic E-state index is 0.0432. The van der Waals surface area contributed by atoms with Crippen molar-refractivity contribution < 1.29 is 13.9 Å². The number of carbonyl (C=O) groups excluding carboxylic acids is 1. The average Bonchev–Trinajstić information content (AvgIpc) is 2.32. The SMILES string of the molecule is NCCCC(=O)NCCOc1cccc(F)c1. The molecule has 0 saturated carbocycles. The maximum Gasteiger partial charge on any atom is 0.220 e. The van der Waals surface area contributed by atoms with E-state index in [4.69, 9.17) is 10.5 Å². The fourth-order valence-corrected chi connectivity index (χ4v) is 1.27. The fraction of sp³-hybridized carbons (Fsp3) is 0.417. The molecule has 0 atom stereocenters. The molecule has 0 fully saturated rings. The molecule has 1 aromatic carbocycles. The summed E-state index contributed by atoms with van der Waals surface area (Å²) in [4.78, 5) is 11.2. The molecule has 0 aliphatic carbocycles. The van der Waals surface area contributed by atoms with Crippen molar-refractivity contribution in [1.82, 2.24) is 5.32 Å². The van der Waals surface area contributed by atoms with Gasteiger partial charge < -0.3 is 15.8 Å². The van der Waals surface area contributed by atoms with E-state index in [9.17, 15) is 9.18 Å². The molecule has 0 aliphatic heterocycles. The number of hydrogen-bond donors (Lipinski definition) is 2. The molecule has 94 valence electrons. The number of rotatable bonds is 7. The molecule has 17 heavy (non-hydrogen) atoms. The van der Waals surface area contributed by atoms with E-state index in [1.54, 1.807) is 12.1 Å². The number of carbonyl (C=O) groups is 1. The number of amides is 1. The van der Waals surface area contributed by atoms with E-state index in [0.717, 1.165) is 0 Å². The minimum Gasteiger partial charge on any atom is -0.492 e. The summed E-state index contributed by atoms with van der Waals surface area (Å²) in [5, 5.41) is 2.69. The molecule has 3 N–H and O–H groups in total. The Labute approximate surface area is 100.0 Å². The van der Waals surface area contributed by atoms with E-state index >= 15 is 0 Å². The monoisotopic (exact) mass is 240 g/mol. The highest BCUT2D eigenvalue weighted by atomic mass is 19.1. The van der Waals surface area contributed by atoms with Crippen LogP contribution >= 0.6 is 0 Å². The van der Waals surface area contributed by atoms with Gasteiger partial charge in [-0.3, -0.25) is 4.79 Å². The van der Waals surface area contributed by atoms with E-state index in [-0.39, 0.29) is 11.7 Å². The normalized spacial score (nSPS) is 10.0.